The van der Waals surface area contributed by atoms with Crippen LogP contribution in [-0.4, -0.2) is 61.3 Å². The van der Waals surface area contributed by atoms with Crippen LogP contribution in [0.2, 0.25) is 0 Å². The van der Waals surface area contributed by atoms with E-state index < -0.39 is 0 Å². The first-order valence-corrected chi connectivity index (χ1v) is 15.1. The number of methoxy groups -OCH3 is 1. The smallest absolute Gasteiger partial charge is 0.236 e. The van der Waals surface area contributed by atoms with Gasteiger partial charge in [-0.25, -0.2) is 0 Å². The third kappa shape index (κ3) is 5.57. The molecule has 5 aliphatic rings. The maximum absolute atomic E-state index is 13.7. The minimum absolute atomic E-state index is 0.0893. The van der Waals surface area contributed by atoms with Gasteiger partial charge in [0, 0.05) is 25.2 Å². The average molecular weight is 525 g/mol. The van der Waals surface area contributed by atoms with E-state index in [2.05, 4.69) is 54.9 Å². The average Bonchev–Trinajstić information content (AvgIpc) is 3.45. The fraction of sp³-hybridized carbons (Fsp3) is 0.719. The summed E-state index contributed by atoms with van der Waals surface area (Å²) < 4.78 is 17.2. The predicted octanol–water partition coefficient (Wildman–Crippen LogP) is 6.32. The molecule has 4 unspecified atom stereocenters. The Kier molecular flexibility index (Phi) is 8.27. The van der Waals surface area contributed by atoms with Gasteiger partial charge in [-0.2, -0.15) is 0 Å². The number of carbonyl (C=O) groups excluding carboxylic acids is 1. The van der Waals surface area contributed by atoms with Crippen molar-refractivity contribution >= 4 is 5.91 Å². The Bertz CT molecular complexity index is 1010. The van der Waals surface area contributed by atoms with E-state index in [1.165, 1.54) is 12.0 Å². The zero-order valence-corrected chi connectivity index (χ0v) is 24.1. The zero-order chi connectivity index (χ0) is 26.8. The first-order chi connectivity index (χ1) is 18.4. The standard InChI is InChI=1S/C32H48N2O4/c1-5-7-16-33(15-6-2)30(35)22-34-17-14-31(11-10-28-29(21-31)38-23-37-28)12-13-32(34)20-26(32)19-25-18-24(3)8-9-27(25)36-4/h9-10,18,21,24,26H,5-8,11-17,19-20,22-23H2,1-4H3. The summed E-state index contributed by atoms with van der Waals surface area (Å²) in [6, 6.07) is 0. The van der Waals surface area contributed by atoms with Crippen LogP contribution in [0.4, 0.5) is 0 Å². The Morgan fingerprint density at radius 1 is 1.13 bits per heavy atom. The maximum atomic E-state index is 13.7. The summed E-state index contributed by atoms with van der Waals surface area (Å²) in [5.41, 5.74) is 1.54. The van der Waals surface area contributed by atoms with Crippen LogP contribution in [0.15, 0.2) is 47.2 Å². The van der Waals surface area contributed by atoms with Crippen LogP contribution in [0, 0.1) is 17.3 Å². The number of unbranched alkanes of at least 4 members (excludes halogenated alkanes) is 1. The van der Waals surface area contributed by atoms with Crippen LogP contribution in [0.5, 0.6) is 0 Å². The Hall–Kier alpha value is -2.21. The lowest BCUT2D eigenvalue weighted by Gasteiger charge is -2.34. The fourth-order valence-electron chi connectivity index (χ4n) is 7.25. The van der Waals surface area contributed by atoms with Crippen molar-refractivity contribution in [2.45, 2.75) is 90.5 Å². The number of allylic oxidation sites excluding steroid dienone is 5. The lowest BCUT2D eigenvalue weighted by atomic mass is 9.74. The highest BCUT2D eigenvalue weighted by molar-refractivity contribution is 5.78. The van der Waals surface area contributed by atoms with Crippen LogP contribution in [0.1, 0.15) is 85.0 Å². The third-order valence-electron chi connectivity index (χ3n) is 9.69. The fourth-order valence-corrected chi connectivity index (χ4v) is 7.25. The van der Waals surface area contributed by atoms with Crippen molar-refractivity contribution < 1.29 is 19.0 Å². The number of hydrogen-bond acceptors (Lipinski definition) is 5. The van der Waals surface area contributed by atoms with Gasteiger partial charge >= 0.3 is 0 Å². The second kappa shape index (κ2) is 11.5. The summed E-state index contributed by atoms with van der Waals surface area (Å²) in [6.07, 6.45) is 20.0. The Balaban J connectivity index is 1.36. The highest BCUT2D eigenvalue weighted by Crippen LogP contribution is 2.59. The van der Waals surface area contributed by atoms with E-state index in [1.54, 1.807) is 7.11 Å². The van der Waals surface area contributed by atoms with Crippen LogP contribution in [0.25, 0.3) is 0 Å². The molecule has 6 nitrogen and oxygen atoms in total. The second-order valence-corrected chi connectivity index (χ2v) is 12.3. The topological polar surface area (TPSA) is 51.2 Å². The summed E-state index contributed by atoms with van der Waals surface area (Å²) in [4.78, 5) is 18.4. The predicted molar refractivity (Wildman–Crippen MR) is 150 cm³/mol. The number of ether oxygens (including phenoxy) is 3. The van der Waals surface area contributed by atoms with Crippen molar-refractivity contribution in [3.8, 4) is 0 Å². The molecule has 6 heteroatoms. The van der Waals surface area contributed by atoms with Crippen molar-refractivity contribution in [3.63, 3.8) is 0 Å². The highest BCUT2D eigenvalue weighted by Gasteiger charge is 2.60. The molecule has 5 rings (SSSR count). The van der Waals surface area contributed by atoms with Crippen LogP contribution in [0.3, 0.4) is 0 Å². The van der Waals surface area contributed by atoms with Crippen LogP contribution in [-0.2, 0) is 19.0 Å². The zero-order valence-electron chi connectivity index (χ0n) is 24.1. The van der Waals surface area contributed by atoms with Gasteiger partial charge in [-0.05, 0) is 98.8 Å². The number of amides is 1. The Morgan fingerprint density at radius 2 is 1.97 bits per heavy atom. The van der Waals surface area contributed by atoms with Gasteiger partial charge in [0.05, 0.1) is 13.7 Å². The Labute approximate surface area is 229 Å². The summed E-state index contributed by atoms with van der Waals surface area (Å²) in [5.74, 6) is 4.31. The number of fused-ring (bicyclic) bond motifs is 1. The third-order valence-corrected chi connectivity index (χ3v) is 9.69. The molecule has 2 aliphatic heterocycles. The minimum atomic E-state index is 0.0893. The molecule has 0 radical (unpaired) electrons. The number of hydrogen-bond donors (Lipinski definition) is 0. The van der Waals surface area contributed by atoms with E-state index in [0.29, 0.717) is 31.1 Å². The SMILES string of the molecule is CCCCN(CCC)C(=O)CN1CCC2(C=C3OCOC3=CC2)CCC12CC2CC1=CC(C)CC=C1OC. The van der Waals surface area contributed by atoms with Crippen molar-refractivity contribution in [2.24, 2.45) is 17.3 Å². The van der Waals surface area contributed by atoms with E-state index in [-0.39, 0.29) is 11.0 Å². The number of rotatable bonds is 10. The number of nitrogens with zero attached hydrogens (tertiary/aromatic N) is 2. The van der Waals surface area contributed by atoms with Gasteiger partial charge in [-0.15, -0.1) is 0 Å². The first-order valence-electron chi connectivity index (χ1n) is 15.1. The van der Waals surface area contributed by atoms with E-state index in [9.17, 15) is 4.79 Å². The van der Waals surface area contributed by atoms with Gasteiger partial charge in [-0.1, -0.05) is 33.3 Å². The van der Waals surface area contributed by atoms with E-state index in [1.807, 2.05) is 0 Å². The highest BCUT2D eigenvalue weighted by atomic mass is 16.7. The van der Waals surface area contributed by atoms with E-state index >= 15 is 0 Å². The molecule has 2 heterocycles. The molecular formula is C32H48N2O4. The normalized spacial score (nSPS) is 32.3. The van der Waals surface area contributed by atoms with Gasteiger partial charge in [0.1, 0.15) is 5.76 Å². The molecular weight excluding hydrogens is 476 g/mol. The molecule has 38 heavy (non-hydrogen) atoms. The molecule has 2 spiro atoms. The van der Waals surface area contributed by atoms with E-state index in [0.717, 1.165) is 94.7 Å². The Morgan fingerprint density at radius 3 is 2.76 bits per heavy atom. The van der Waals surface area contributed by atoms with Crippen molar-refractivity contribution in [1.82, 2.24) is 9.80 Å². The summed E-state index contributed by atoms with van der Waals surface area (Å²) >= 11 is 0. The van der Waals surface area contributed by atoms with Gasteiger partial charge in [0.25, 0.3) is 0 Å². The summed E-state index contributed by atoms with van der Waals surface area (Å²) in [6.45, 7) is 10.2. The molecule has 4 atom stereocenters. The molecule has 0 aromatic carbocycles. The first kappa shape index (κ1) is 27.4. The van der Waals surface area contributed by atoms with Gasteiger partial charge < -0.3 is 19.1 Å². The summed E-state index contributed by atoms with van der Waals surface area (Å²) in [5, 5.41) is 0. The van der Waals surface area contributed by atoms with E-state index in [4.69, 9.17) is 14.2 Å². The molecule has 0 N–H and O–H groups in total. The van der Waals surface area contributed by atoms with Gasteiger partial charge in [0.2, 0.25) is 12.7 Å². The number of carbonyl (C=O) groups is 1. The molecule has 0 aromatic rings. The quantitative estimate of drug-likeness (QED) is 0.335. The number of likely N-dealkylation sites (tertiary alicyclic amines) is 1. The van der Waals surface area contributed by atoms with Crippen LogP contribution < -0.4 is 0 Å². The molecule has 1 amide bonds. The monoisotopic (exact) mass is 524 g/mol. The van der Waals surface area contributed by atoms with Crippen molar-refractivity contribution in [1.29, 1.82) is 0 Å². The molecule has 210 valence electrons. The molecule has 3 aliphatic carbocycles. The van der Waals surface area contributed by atoms with Crippen molar-refractivity contribution in [2.75, 3.05) is 40.1 Å². The second-order valence-electron chi connectivity index (χ2n) is 12.3. The lowest BCUT2D eigenvalue weighted by molar-refractivity contribution is -0.133. The van der Waals surface area contributed by atoms with Crippen molar-refractivity contribution in [3.05, 3.63) is 47.2 Å². The molecule has 3 fully saturated rings. The molecule has 1 saturated carbocycles. The maximum Gasteiger partial charge on any atom is 0.236 e. The van der Waals surface area contributed by atoms with Crippen LogP contribution >= 0.6 is 0 Å². The molecule has 0 bridgehead atoms. The summed E-state index contributed by atoms with van der Waals surface area (Å²) in [7, 11) is 1.80. The minimum Gasteiger partial charge on any atom is -0.497 e. The van der Waals surface area contributed by atoms with Gasteiger partial charge in [-0.3, -0.25) is 9.69 Å². The largest absolute Gasteiger partial charge is 0.497 e. The van der Waals surface area contributed by atoms with Gasteiger partial charge in [0.15, 0.2) is 11.5 Å². The molecule has 0 aromatic heterocycles. The lowest BCUT2D eigenvalue weighted by Crippen LogP contribution is -2.47. The molecule has 2 saturated heterocycles.